The van der Waals surface area contributed by atoms with Gasteiger partial charge in [-0.2, -0.15) is 0 Å². The van der Waals surface area contributed by atoms with Crippen LogP contribution in [-0.2, 0) is 27.2 Å². The van der Waals surface area contributed by atoms with Gasteiger partial charge in [-0.1, -0.05) is 0 Å². The van der Waals surface area contributed by atoms with Crippen molar-refractivity contribution in [2.45, 2.75) is 65.5 Å². The van der Waals surface area contributed by atoms with Crippen LogP contribution in [0.25, 0.3) is 11.6 Å². The van der Waals surface area contributed by atoms with Crippen molar-refractivity contribution >= 4 is 35.2 Å². The number of nitrogens with one attached hydrogen (secondary N) is 3. The number of fused-ring (bicyclic) bond motifs is 2. The van der Waals surface area contributed by atoms with Gasteiger partial charge in [0.15, 0.2) is 0 Å². The first kappa shape index (κ1) is 26.4. The highest BCUT2D eigenvalue weighted by Gasteiger charge is 2.29. The van der Waals surface area contributed by atoms with Crippen LogP contribution in [0.15, 0.2) is 18.2 Å². The number of nitrogens with zero attached hydrogens (tertiary/aromatic N) is 1. The molecule has 0 spiro atoms. The number of carbonyl (C=O) groups excluding carboxylic acids is 3. The molecule has 9 heteroatoms. The quantitative estimate of drug-likeness (QED) is 0.518. The molecular weight excluding hydrogens is 475 g/mol. The Bertz CT molecular complexity index is 1270. The molecule has 2 atom stereocenters. The third-order valence-corrected chi connectivity index (χ3v) is 7.06. The first-order valence-electron chi connectivity index (χ1n) is 12.6. The molecule has 0 bridgehead atoms. The predicted molar refractivity (Wildman–Crippen MR) is 140 cm³/mol. The predicted octanol–water partition coefficient (Wildman–Crippen LogP) is 4.43. The van der Waals surface area contributed by atoms with Crippen molar-refractivity contribution in [3.63, 3.8) is 0 Å². The number of benzene rings is 1. The number of halogens is 1. The summed E-state index contributed by atoms with van der Waals surface area (Å²) in [6.07, 6.45) is 3.77. The normalized spacial score (nSPS) is 18.6. The van der Waals surface area contributed by atoms with E-state index in [1.807, 2.05) is 6.92 Å². The molecule has 198 valence electrons. The molecule has 4 rings (SSSR count). The molecular formula is C28H35FN4O4. The van der Waals surface area contributed by atoms with Crippen LogP contribution in [0.4, 0.5) is 14.9 Å². The van der Waals surface area contributed by atoms with Gasteiger partial charge >= 0.3 is 6.09 Å². The Morgan fingerprint density at radius 3 is 2.76 bits per heavy atom. The maximum atomic E-state index is 13.8. The Labute approximate surface area is 216 Å². The van der Waals surface area contributed by atoms with Crippen LogP contribution in [0.1, 0.15) is 62.2 Å². The molecule has 0 saturated heterocycles. The second kappa shape index (κ2) is 10.0. The van der Waals surface area contributed by atoms with Crippen LogP contribution in [0.2, 0.25) is 0 Å². The molecule has 2 aliphatic rings. The molecule has 2 heterocycles. The first-order valence-corrected chi connectivity index (χ1v) is 12.6. The number of ether oxygens (including phenoxy) is 1. The zero-order chi connectivity index (χ0) is 27.1. The molecule has 0 radical (unpaired) electrons. The van der Waals surface area contributed by atoms with Gasteiger partial charge < -0.3 is 20.4 Å². The maximum Gasteiger partial charge on any atom is 0.410 e. The highest BCUT2D eigenvalue weighted by Crippen LogP contribution is 2.36. The Morgan fingerprint density at radius 2 is 2.05 bits per heavy atom. The number of aromatic nitrogens is 1. The fourth-order valence-corrected chi connectivity index (χ4v) is 4.80. The molecule has 1 unspecified atom stereocenters. The Hall–Kier alpha value is -3.62. The summed E-state index contributed by atoms with van der Waals surface area (Å²) in [7, 11) is 1.56. The lowest BCUT2D eigenvalue weighted by atomic mass is 9.86. The summed E-state index contributed by atoms with van der Waals surface area (Å²) in [4.78, 5) is 42.3. The monoisotopic (exact) mass is 510 g/mol. The van der Waals surface area contributed by atoms with Crippen LogP contribution >= 0.6 is 0 Å². The van der Waals surface area contributed by atoms with E-state index < -0.39 is 17.7 Å². The standard InChI is InChI=1S/C28H35FN4O4/c1-15-19-9-7-17(14-30-25(34)16(2)33(6)27(36)37-28(3,4)5)11-24(19)31-23(15)13-21-20-12-18(29)8-10-22(20)32-26(21)35/h8,10,12-13,16-17,31H,7,9,11,14H2,1-6H3,(H,30,34)(H,32,35)/t16-,17?/m0/s1. The summed E-state index contributed by atoms with van der Waals surface area (Å²) in [6.45, 7) is 9.55. The lowest BCUT2D eigenvalue weighted by Crippen LogP contribution is -2.48. The molecule has 1 aliphatic heterocycles. The van der Waals surface area contributed by atoms with E-state index in [4.69, 9.17) is 4.74 Å². The van der Waals surface area contributed by atoms with Gasteiger partial charge in [-0.3, -0.25) is 14.5 Å². The van der Waals surface area contributed by atoms with Gasteiger partial charge in [0.2, 0.25) is 5.91 Å². The minimum Gasteiger partial charge on any atom is -0.444 e. The molecule has 0 saturated carbocycles. The Kier molecular flexibility index (Phi) is 7.17. The van der Waals surface area contributed by atoms with E-state index in [0.717, 1.165) is 36.2 Å². The second-order valence-corrected chi connectivity index (χ2v) is 10.9. The summed E-state index contributed by atoms with van der Waals surface area (Å²) in [5, 5.41) is 5.77. The molecule has 8 nitrogen and oxygen atoms in total. The molecule has 1 aromatic heterocycles. The number of rotatable bonds is 5. The number of carbonyl (C=O) groups is 3. The van der Waals surface area contributed by atoms with Gasteiger partial charge in [0.05, 0.1) is 5.57 Å². The summed E-state index contributed by atoms with van der Waals surface area (Å²) < 4.78 is 19.2. The summed E-state index contributed by atoms with van der Waals surface area (Å²) in [6, 6.07) is 3.61. The van der Waals surface area contributed by atoms with Gasteiger partial charge in [0.1, 0.15) is 17.5 Å². The minimum atomic E-state index is -0.662. The van der Waals surface area contributed by atoms with Crippen molar-refractivity contribution < 1.29 is 23.5 Å². The minimum absolute atomic E-state index is 0.231. The average Bonchev–Trinajstić information content (AvgIpc) is 3.30. The topological polar surface area (TPSA) is 104 Å². The maximum absolute atomic E-state index is 13.8. The number of likely N-dealkylation sites (N-methyl/N-ethyl adjacent to an activating group) is 1. The molecule has 2 aromatic rings. The fourth-order valence-electron chi connectivity index (χ4n) is 4.80. The molecule has 0 fully saturated rings. The smallest absolute Gasteiger partial charge is 0.410 e. The van der Waals surface area contributed by atoms with Gasteiger partial charge in [-0.15, -0.1) is 0 Å². The van der Waals surface area contributed by atoms with Crippen molar-refractivity contribution in [1.82, 2.24) is 15.2 Å². The van der Waals surface area contributed by atoms with Crippen molar-refractivity contribution in [3.8, 4) is 0 Å². The van der Waals surface area contributed by atoms with Gasteiger partial charge in [0.25, 0.3) is 5.91 Å². The van der Waals surface area contributed by atoms with Gasteiger partial charge in [-0.25, -0.2) is 9.18 Å². The van der Waals surface area contributed by atoms with Crippen LogP contribution in [0.5, 0.6) is 0 Å². The first-order chi connectivity index (χ1) is 17.3. The Balaban J connectivity index is 1.40. The molecule has 3 amide bonds. The van der Waals surface area contributed by atoms with E-state index in [-0.39, 0.29) is 23.5 Å². The molecule has 3 N–H and O–H groups in total. The van der Waals surface area contributed by atoms with Crippen LogP contribution in [-0.4, -0.2) is 53.0 Å². The van der Waals surface area contributed by atoms with E-state index in [1.165, 1.54) is 22.6 Å². The van der Waals surface area contributed by atoms with Gasteiger partial charge in [0, 0.05) is 36.2 Å². The van der Waals surface area contributed by atoms with Crippen LogP contribution in [0, 0.1) is 18.7 Å². The SMILES string of the molecule is Cc1c(C=C2C(=O)Nc3ccc(F)cc32)[nH]c2c1CCC(CNC(=O)[C@H](C)N(C)C(=O)OC(C)(C)C)C2. The number of H-pyrrole nitrogens is 1. The summed E-state index contributed by atoms with van der Waals surface area (Å²) in [5.74, 6) is -0.636. The Morgan fingerprint density at radius 1 is 1.32 bits per heavy atom. The van der Waals surface area contributed by atoms with E-state index in [0.29, 0.717) is 23.4 Å². The number of anilines is 1. The number of hydrogen-bond donors (Lipinski definition) is 3. The van der Waals surface area contributed by atoms with Crippen molar-refractivity contribution in [1.29, 1.82) is 0 Å². The third kappa shape index (κ3) is 5.70. The molecule has 1 aromatic carbocycles. The van der Waals surface area contributed by atoms with Gasteiger partial charge in [-0.05, 0) is 95.2 Å². The van der Waals surface area contributed by atoms with E-state index in [1.54, 1.807) is 46.9 Å². The highest BCUT2D eigenvalue weighted by molar-refractivity contribution is 6.34. The van der Waals surface area contributed by atoms with Crippen LogP contribution < -0.4 is 10.6 Å². The second-order valence-electron chi connectivity index (χ2n) is 10.9. The van der Waals surface area contributed by atoms with E-state index in [9.17, 15) is 18.8 Å². The van der Waals surface area contributed by atoms with E-state index >= 15 is 0 Å². The van der Waals surface area contributed by atoms with Crippen LogP contribution in [0.3, 0.4) is 0 Å². The summed E-state index contributed by atoms with van der Waals surface area (Å²) in [5.41, 5.74) is 5.20. The fraction of sp³-hybridized carbons (Fsp3) is 0.464. The summed E-state index contributed by atoms with van der Waals surface area (Å²) >= 11 is 0. The number of hydrogen-bond acceptors (Lipinski definition) is 4. The highest BCUT2D eigenvalue weighted by atomic mass is 19.1. The zero-order valence-corrected chi connectivity index (χ0v) is 22.3. The van der Waals surface area contributed by atoms with Crippen molar-refractivity contribution in [3.05, 3.63) is 52.1 Å². The zero-order valence-electron chi connectivity index (χ0n) is 22.3. The number of aromatic amines is 1. The largest absolute Gasteiger partial charge is 0.444 e. The van der Waals surface area contributed by atoms with Crippen molar-refractivity contribution in [2.24, 2.45) is 5.92 Å². The molecule has 1 aliphatic carbocycles. The van der Waals surface area contributed by atoms with E-state index in [2.05, 4.69) is 15.6 Å². The number of amides is 3. The van der Waals surface area contributed by atoms with Crippen molar-refractivity contribution in [2.75, 3.05) is 18.9 Å². The average molecular weight is 511 g/mol. The lowest BCUT2D eigenvalue weighted by Gasteiger charge is -2.29. The third-order valence-electron chi connectivity index (χ3n) is 7.06. The molecule has 37 heavy (non-hydrogen) atoms. The lowest BCUT2D eigenvalue weighted by molar-refractivity contribution is -0.125.